The first-order valence-electron chi connectivity index (χ1n) is 10.9. The zero-order valence-corrected chi connectivity index (χ0v) is 18.0. The van der Waals surface area contributed by atoms with E-state index in [1.165, 1.54) is 0 Å². The lowest BCUT2D eigenvalue weighted by atomic mass is 10.1. The molecule has 2 aliphatic rings. The second-order valence-corrected chi connectivity index (χ2v) is 7.90. The molecule has 4 rings (SSSR count). The minimum absolute atomic E-state index is 0.183. The molecule has 1 unspecified atom stereocenters. The summed E-state index contributed by atoms with van der Waals surface area (Å²) in [5, 5.41) is 8.34. The van der Waals surface area contributed by atoms with Crippen molar-refractivity contribution >= 4 is 29.1 Å². The summed E-state index contributed by atoms with van der Waals surface area (Å²) in [4.78, 5) is 21.1. The molecule has 1 amide bonds. The number of hydrogen-bond acceptors (Lipinski definition) is 9. The Bertz CT molecular complexity index is 962. The average molecular weight is 440 g/mol. The van der Waals surface area contributed by atoms with Gasteiger partial charge in [0.25, 0.3) is 0 Å². The van der Waals surface area contributed by atoms with E-state index in [9.17, 15) is 4.79 Å². The minimum atomic E-state index is -0.371. The lowest BCUT2D eigenvalue weighted by molar-refractivity contribution is 0.0136. The number of likely N-dealkylation sites (tertiary alicyclic amines) is 1. The van der Waals surface area contributed by atoms with Crippen molar-refractivity contribution in [2.75, 3.05) is 50.9 Å². The number of anilines is 2. The summed E-state index contributed by atoms with van der Waals surface area (Å²) in [5.41, 5.74) is 12.3. The molecule has 1 atom stereocenters. The molecule has 2 aliphatic heterocycles. The highest BCUT2D eigenvalue weighted by atomic mass is 16.6. The SMILES string of the molecule is Nc1ccc(/N=N/c2ccccc2OC(=O)N2CCCC(N3CCOCC3)CC2)c(N)n1. The van der Waals surface area contributed by atoms with Gasteiger partial charge in [-0.2, -0.15) is 0 Å². The Morgan fingerprint density at radius 1 is 1.00 bits per heavy atom. The Balaban J connectivity index is 1.39. The zero-order valence-electron chi connectivity index (χ0n) is 18.0. The Hall–Kier alpha value is -3.24. The molecule has 2 saturated heterocycles. The molecule has 1 aromatic heterocycles. The molecule has 2 aromatic rings. The van der Waals surface area contributed by atoms with Crippen LogP contribution in [0.25, 0.3) is 0 Å². The smallest absolute Gasteiger partial charge is 0.408 e. The fourth-order valence-corrected chi connectivity index (χ4v) is 4.03. The number of nitrogen functional groups attached to an aromatic ring is 2. The van der Waals surface area contributed by atoms with Gasteiger partial charge in [-0.15, -0.1) is 10.2 Å². The van der Waals surface area contributed by atoms with E-state index in [0.29, 0.717) is 42.1 Å². The lowest BCUT2D eigenvalue weighted by Gasteiger charge is -2.33. The number of morpholine rings is 1. The largest absolute Gasteiger partial charge is 0.415 e. The zero-order chi connectivity index (χ0) is 22.3. The number of azo groups is 1. The number of amides is 1. The molecule has 2 fully saturated rings. The molecule has 1 aromatic carbocycles. The third-order valence-corrected chi connectivity index (χ3v) is 5.77. The molecule has 32 heavy (non-hydrogen) atoms. The summed E-state index contributed by atoms with van der Waals surface area (Å²) in [6, 6.07) is 10.7. The predicted molar refractivity (Wildman–Crippen MR) is 121 cm³/mol. The van der Waals surface area contributed by atoms with Gasteiger partial charge in [0.2, 0.25) is 0 Å². The number of ether oxygens (including phenoxy) is 2. The molecule has 0 saturated carbocycles. The summed E-state index contributed by atoms with van der Waals surface area (Å²) in [5.74, 6) is 0.837. The number of carbonyl (C=O) groups is 1. The van der Waals surface area contributed by atoms with Crippen LogP contribution >= 0.6 is 0 Å². The van der Waals surface area contributed by atoms with Crippen molar-refractivity contribution in [2.24, 2.45) is 10.2 Å². The maximum absolute atomic E-state index is 12.9. The highest BCUT2D eigenvalue weighted by molar-refractivity contribution is 5.73. The third kappa shape index (κ3) is 5.51. The molecule has 10 heteroatoms. The number of para-hydroxylation sites is 1. The molecule has 4 N–H and O–H groups in total. The van der Waals surface area contributed by atoms with Gasteiger partial charge in [0.05, 0.1) is 13.2 Å². The van der Waals surface area contributed by atoms with Gasteiger partial charge in [-0.05, 0) is 43.5 Å². The average Bonchev–Trinajstić information content (AvgIpc) is 3.06. The molecule has 0 spiro atoms. The van der Waals surface area contributed by atoms with Crippen LogP contribution in [0, 0.1) is 0 Å². The predicted octanol–water partition coefficient (Wildman–Crippen LogP) is 3.35. The number of benzene rings is 1. The van der Waals surface area contributed by atoms with Crippen molar-refractivity contribution in [1.82, 2.24) is 14.8 Å². The van der Waals surface area contributed by atoms with Crippen molar-refractivity contribution < 1.29 is 14.3 Å². The van der Waals surface area contributed by atoms with Crippen LogP contribution in [-0.2, 0) is 4.74 Å². The normalized spacial score (nSPS) is 20.2. The number of pyridine rings is 1. The summed E-state index contributed by atoms with van der Waals surface area (Å²) in [6.07, 6.45) is 2.58. The molecular formula is C22H29N7O3. The van der Waals surface area contributed by atoms with Crippen LogP contribution in [0.1, 0.15) is 19.3 Å². The van der Waals surface area contributed by atoms with Gasteiger partial charge in [0.1, 0.15) is 17.2 Å². The highest BCUT2D eigenvalue weighted by Gasteiger charge is 2.27. The second kappa shape index (κ2) is 10.4. The van der Waals surface area contributed by atoms with Crippen LogP contribution < -0.4 is 16.2 Å². The van der Waals surface area contributed by atoms with E-state index in [1.807, 2.05) is 0 Å². The van der Waals surface area contributed by atoms with Gasteiger partial charge in [-0.25, -0.2) is 9.78 Å². The lowest BCUT2D eigenvalue weighted by Crippen LogP contribution is -2.44. The van der Waals surface area contributed by atoms with Gasteiger partial charge < -0.3 is 25.8 Å². The van der Waals surface area contributed by atoms with Crippen molar-refractivity contribution in [1.29, 1.82) is 0 Å². The summed E-state index contributed by atoms with van der Waals surface area (Å²) in [6.45, 7) is 4.83. The number of nitrogens with two attached hydrogens (primary N) is 2. The summed E-state index contributed by atoms with van der Waals surface area (Å²) < 4.78 is 11.2. The molecule has 0 radical (unpaired) electrons. The second-order valence-electron chi connectivity index (χ2n) is 7.90. The summed E-state index contributed by atoms with van der Waals surface area (Å²) in [7, 11) is 0. The van der Waals surface area contributed by atoms with E-state index in [1.54, 1.807) is 41.3 Å². The highest BCUT2D eigenvalue weighted by Crippen LogP contribution is 2.31. The first kappa shape index (κ1) is 22.0. The van der Waals surface area contributed by atoms with E-state index < -0.39 is 0 Å². The van der Waals surface area contributed by atoms with E-state index in [2.05, 4.69) is 20.1 Å². The number of nitrogens with zero attached hydrogens (tertiary/aromatic N) is 5. The van der Waals surface area contributed by atoms with Crippen LogP contribution in [0.5, 0.6) is 5.75 Å². The van der Waals surface area contributed by atoms with Crippen LogP contribution in [0.3, 0.4) is 0 Å². The maximum Gasteiger partial charge on any atom is 0.415 e. The Morgan fingerprint density at radius 2 is 1.78 bits per heavy atom. The molecule has 10 nitrogen and oxygen atoms in total. The Kier molecular flexibility index (Phi) is 7.13. The minimum Gasteiger partial charge on any atom is -0.408 e. The van der Waals surface area contributed by atoms with Crippen LogP contribution in [-0.4, -0.2) is 66.3 Å². The molecule has 0 aliphatic carbocycles. The number of aromatic nitrogens is 1. The van der Waals surface area contributed by atoms with Gasteiger partial charge in [0.15, 0.2) is 11.6 Å². The number of carbonyl (C=O) groups excluding carboxylic acids is 1. The monoisotopic (exact) mass is 439 g/mol. The van der Waals surface area contributed by atoms with E-state index in [-0.39, 0.29) is 11.9 Å². The van der Waals surface area contributed by atoms with Gasteiger partial charge in [0, 0.05) is 32.2 Å². The van der Waals surface area contributed by atoms with Gasteiger partial charge in [-0.1, -0.05) is 12.1 Å². The van der Waals surface area contributed by atoms with Crippen LogP contribution in [0.2, 0.25) is 0 Å². The Morgan fingerprint density at radius 3 is 2.59 bits per heavy atom. The van der Waals surface area contributed by atoms with Crippen molar-refractivity contribution in [2.45, 2.75) is 25.3 Å². The maximum atomic E-state index is 12.9. The number of hydrogen-bond donors (Lipinski definition) is 2. The van der Waals surface area contributed by atoms with Crippen molar-refractivity contribution in [3.63, 3.8) is 0 Å². The first-order valence-corrected chi connectivity index (χ1v) is 10.9. The Labute approximate surface area is 187 Å². The first-order chi connectivity index (χ1) is 15.6. The van der Waals surface area contributed by atoms with Crippen molar-refractivity contribution in [3.05, 3.63) is 36.4 Å². The molecule has 0 bridgehead atoms. The van der Waals surface area contributed by atoms with Crippen molar-refractivity contribution in [3.8, 4) is 5.75 Å². The van der Waals surface area contributed by atoms with Crippen LogP contribution in [0.4, 0.5) is 27.8 Å². The molecule has 170 valence electrons. The standard InChI is InChI=1S/C22H29N7O3/c23-20-8-7-18(21(24)25-20)27-26-17-5-1-2-6-19(17)32-22(30)29-10-3-4-16(9-11-29)28-12-14-31-15-13-28/h1-2,5-8,16H,3-4,9-15H2,(H4,23,24,25)/b27-26+. The number of rotatable bonds is 4. The summed E-state index contributed by atoms with van der Waals surface area (Å²) >= 11 is 0. The van der Waals surface area contributed by atoms with E-state index >= 15 is 0 Å². The van der Waals surface area contributed by atoms with E-state index in [4.69, 9.17) is 20.9 Å². The fourth-order valence-electron chi connectivity index (χ4n) is 4.03. The quantitative estimate of drug-likeness (QED) is 0.698. The third-order valence-electron chi connectivity index (χ3n) is 5.77. The van der Waals surface area contributed by atoms with Crippen LogP contribution in [0.15, 0.2) is 46.6 Å². The topological polar surface area (TPSA) is 132 Å². The molecule has 3 heterocycles. The van der Waals surface area contributed by atoms with Gasteiger partial charge in [-0.3, -0.25) is 4.90 Å². The molecular weight excluding hydrogens is 410 g/mol. The van der Waals surface area contributed by atoms with Gasteiger partial charge >= 0.3 is 6.09 Å². The van der Waals surface area contributed by atoms with E-state index in [0.717, 1.165) is 45.6 Å². The fraction of sp³-hybridized carbons (Fsp3) is 0.455.